The summed E-state index contributed by atoms with van der Waals surface area (Å²) in [4.78, 5) is 11.7. The maximum Gasteiger partial charge on any atom is 0.408 e. The third kappa shape index (κ3) is 2.42. The molecule has 0 aromatic carbocycles. The van der Waals surface area contributed by atoms with Gasteiger partial charge in [-0.25, -0.2) is 4.79 Å². The first kappa shape index (κ1) is 12.7. The van der Waals surface area contributed by atoms with E-state index in [1.54, 1.807) is 11.7 Å². The van der Waals surface area contributed by atoms with Gasteiger partial charge in [0.05, 0.1) is 11.7 Å². The van der Waals surface area contributed by atoms with Crippen LogP contribution in [0.1, 0.15) is 44.5 Å². The van der Waals surface area contributed by atoms with Crippen LogP contribution >= 0.6 is 0 Å². The molecule has 2 rings (SSSR count). The van der Waals surface area contributed by atoms with E-state index in [-0.39, 0.29) is 6.04 Å². The van der Waals surface area contributed by atoms with Crippen LogP contribution < -0.4 is 11.1 Å². The summed E-state index contributed by atoms with van der Waals surface area (Å²) >= 11 is 0. The monoisotopic (exact) mass is 252 g/mol. The summed E-state index contributed by atoms with van der Waals surface area (Å²) < 4.78 is 6.88. The van der Waals surface area contributed by atoms with Gasteiger partial charge in [-0.05, 0) is 33.6 Å². The highest BCUT2D eigenvalue weighted by Crippen LogP contribution is 2.33. The Labute approximate surface area is 106 Å². The van der Waals surface area contributed by atoms with E-state index in [1.165, 1.54) is 0 Å². The van der Waals surface area contributed by atoms with Crippen LogP contribution in [0.25, 0.3) is 0 Å². The minimum atomic E-state index is -0.491. The van der Waals surface area contributed by atoms with E-state index in [2.05, 4.69) is 10.4 Å². The number of fused-ring (bicyclic) bond motifs is 1. The Kier molecular flexibility index (Phi) is 2.96. The molecule has 100 valence electrons. The summed E-state index contributed by atoms with van der Waals surface area (Å²) in [6, 6.07) is -0.0988. The van der Waals surface area contributed by atoms with Crippen LogP contribution in [0.2, 0.25) is 0 Å². The van der Waals surface area contributed by atoms with E-state index < -0.39 is 11.7 Å². The molecule has 0 fully saturated rings. The average molecular weight is 252 g/mol. The lowest BCUT2D eigenvalue weighted by molar-refractivity contribution is 0.0502. The lowest BCUT2D eigenvalue weighted by Crippen LogP contribution is -2.34. The normalized spacial score (nSPS) is 18.6. The number of rotatable bonds is 1. The Morgan fingerprint density at radius 1 is 1.56 bits per heavy atom. The Bertz CT molecular complexity index is 473. The molecule has 1 aromatic heterocycles. The highest BCUT2D eigenvalue weighted by Gasteiger charge is 2.31. The summed E-state index contributed by atoms with van der Waals surface area (Å²) in [6.45, 7) is 5.52. The number of carbonyl (C=O) groups excluding carboxylic acids is 1. The van der Waals surface area contributed by atoms with Crippen LogP contribution in [0.4, 0.5) is 10.6 Å². The van der Waals surface area contributed by atoms with Gasteiger partial charge in [-0.1, -0.05) is 0 Å². The molecule has 1 aliphatic rings. The fourth-order valence-electron chi connectivity index (χ4n) is 2.15. The van der Waals surface area contributed by atoms with Crippen LogP contribution in [0.15, 0.2) is 0 Å². The van der Waals surface area contributed by atoms with Crippen molar-refractivity contribution in [3.8, 4) is 0 Å². The number of hydrogen-bond donors (Lipinski definition) is 2. The van der Waals surface area contributed by atoms with Crippen LogP contribution in [-0.4, -0.2) is 21.5 Å². The first-order valence-corrected chi connectivity index (χ1v) is 6.08. The zero-order chi connectivity index (χ0) is 13.5. The fraction of sp³-hybridized carbons (Fsp3) is 0.667. The average Bonchev–Trinajstić information content (AvgIpc) is 2.69. The Morgan fingerprint density at radius 2 is 2.22 bits per heavy atom. The quantitative estimate of drug-likeness (QED) is 0.793. The number of amides is 1. The van der Waals surface area contributed by atoms with Crippen LogP contribution in [0, 0.1) is 0 Å². The summed E-state index contributed by atoms with van der Waals surface area (Å²) in [7, 11) is 1.80. The second kappa shape index (κ2) is 4.19. The number of nitrogen functional groups attached to an aromatic ring is 1. The zero-order valence-corrected chi connectivity index (χ0v) is 11.3. The molecular formula is C12H20N4O2. The van der Waals surface area contributed by atoms with Gasteiger partial charge in [-0.15, -0.1) is 0 Å². The molecule has 3 N–H and O–H groups in total. The van der Waals surface area contributed by atoms with Crippen LogP contribution in [-0.2, 0) is 18.2 Å². The third-order valence-electron chi connectivity index (χ3n) is 2.93. The Morgan fingerprint density at radius 3 is 2.83 bits per heavy atom. The van der Waals surface area contributed by atoms with Crippen molar-refractivity contribution in [1.29, 1.82) is 0 Å². The van der Waals surface area contributed by atoms with E-state index in [0.29, 0.717) is 5.82 Å². The topological polar surface area (TPSA) is 82.2 Å². The van der Waals surface area contributed by atoms with Crippen molar-refractivity contribution in [3.05, 3.63) is 11.3 Å². The van der Waals surface area contributed by atoms with Gasteiger partial charge >= 0.3 is 6.09 Å². The van der Waals surface area contributed by atoms with Gasteiger partial charge in [0.1, 0.15) is 11.4 Å². The molecule has 18 heavy (non-hydrogen) atoms. The lowest BCUT2D eigenvalue weighted by Gasteiger charge is -2.21. The second-order valence-electron chi connectivity index (χ2n) is 5.61. The molecule has 1 aliphatic carbocycles. The molecule has 1 amide bonds. The van der Waals surface area contributed by atoms with E-state index in [1.807, 2.05) is 20.8 Å². The smallest absolute Gasteiger partial charge is 0.408 e. The molecule has 0 saturated heterocycles. The number of carbonyl (C=O) groups is 1. The van der Waals surface area contributed by atoms with Gasteiger partial charge in [0.15, 0.2) is 0 Å². The number of hydrogen-bond acceptors (Lipinski definition) is 4. The summed E-state index contributed by atoms with van der Waals surface area (Å²) in [6.07, 6.45) is 1.25. The van der Waals surface area contributed by atoms with E-state index in [0.717, 1.165) is 24.1 Å². The summed E-state index contributed by atoms with van der Waals surface area (Å²) in [5, 5.41) is 7.18. The van der Waals surface area contributed by atoms with Crippen molar-refractivity contribution in [2.75, 3.05) is 5.73 Å². The summed E-state index contributed by atoms with van der Waals surface area (Å²) in [5.74, 6) is 0.679. The van der Waals surface area contributed by atoms with Crippen molar-refractivity contribution in [2.24, 2.45) is 7.05 Å². The van der Waals surface area contributed by atoms with Gasteiger partial charge in [0.2, 0.25) is 0 Å². The minimum absolute atomic E-state index is 0.0988. The third-order valence-corrected chi connectivity index (χ3v) is 2.93. The lowest BCUT2D eigenvalue weighted by atomic mass is 10.2. The molecule has 0 radical (unpaired) electrons. The van der Waals surface area contributed by atoms with Gasteiger partial charge in [0, 0.05) is 12.6 Å². The molecule has 0 aliphatic heterocycles. The van der Waals surface area contributed by atoms with Crippen molar-refractivity contribution in [2.45, 2.75) is 45.3 Å². The van der Waals surface area contributed by atoms with Gasteiger partial charge in [-0.2, -0.15) is 5.10 Å². The molecule has 0 saturated carbocycles. The molecule has 0 spiro atoms. The minimum Gasteiger partial charge on any atom is -0.444 e. The van der Waals surface area contributed by atoms with Crippen molar-refractivity contribution in [3.63, 3.8) is 0 Å². The first-order valence-electron chi connectivity index (χ1n) is 6.08. The number of ether oxygens (including phenoxy) is 1. The molecule has 1 heterocycles. The standard InChI is InChI=1S/C12H20N4O2/c1-12(2,3)18-11(17)14-8-6-5-7-9(8)15-16(4)10(7)13/h8H,5-6,13H2,1-4H3,(H,14,17). The molecule has 0 bridgehead atoms. The SMILES string of the molecule is Cn1nc2c(c1N)CCC2NC(=O)OC(C)(C)C. The molecular weight excluding hydrogens is 232 g/mol. The number of aryl methyl sites for hydroxylation is 1. The Hall–Kier alpha value is -1.72. The highest BCUT2D eigenvalue weighted by molar-refractivity contribution is 5.69. The van der Waals surface area contributed by atoms with Crippen LogP contribution in [0.3, 0.4) is 0 Å². The number of nitrogens with two attached hydrogens (primary N) is 1. The molecule has 6 heteroatoms. The molecule has 1 atom stereocenters. The van der Waals surface area contributed by atoms with Gasteiger partial charge in [0.25, 0.3) is 0 Å². The Balaban J connectivity index is 2.06. The zero-order valence-electron chi connectivity index (χ0n) is 11.3. The number of alkyl carbamates (subject to hydrolysis) is 1. The largest absolute Gasteiger partial charge is 0.444 e. The highest BCUT2D eigenvalue weighted by atomic mass is 16.6. The predicted molar refractivity (Wildman–Crippen MR) is 68.1 cm³/mol. The number of nitrogens with zero attached hydrogens (tertiary/aromatic N) is 2. The molecule has 6 nitrogen and oxygen atoms in total. The molecule has 1 unspecified atom stereocenters. The number of nitrogens with one attached hydrogen (secondary N) is 1. The first-order chi connectivity index (χ1) is 8.28. The van der Waals surface area contributed by atoms with E-state index in [9.17, 15) is 4.79 Å². The van der Waals surface area contributed by atoms with E-state index >= 15 is 0 Å². The van der Waals surface area contributed by atoms with Crippen molar-refractivity contribution in [1.82, 2.24) is 15.1 Å². The maximum absolute atomic E-state index is 11.7. The van der Waals surface area contributed by atoms with E-state index in [4.69, 9.17) is 10.5 Å². The van der Waals surface area contributed by atoms with Gasteiger partial charge in [-0.3, -0.25) is 4.68 Å². The second-order valence-corrected chi connectivity index (χ2v) is 5.61. The predicted octanol–water partition coefficient (Wildman–Crippen LogP) is 1.51. The maximum atomic E-state index is 11.7. The number of aromatic nitrogens is 2. The summed E-state index contributed by atoms with van der Waals surface area (Å²) in [5.41, 5.74) is 7.32. The van der Waals surface area contributed by atoms with Crippen LogP contribution in [0.5, 0.6) is 0 Å². The molecule has 1 aromatic rings. The fourth-order valence-corrected chi connectivity index (χ4v) is 2.15. The number of anilines is 1. The van der Waals surface area contributed by atoms with Crippen molar-refractivity contribution < 1.29 is 9.53 Å². The van der Waals surface area contributed by atoms with Gasteiger partial charge < -0.3 is 15.8 Å². The van der Waals surface area contributed by atoms with Crippen molar-refractivity contribution >= 4 is 11.9 Å².